The minimum Gasteiger partial charge on any atom is -0.491 e. The van der Waals surface area contributed by atoms with Crippen molar-refractivity contribution in [2.45, 2.75) is 46.1 Å². The van der Waals surface area contributed by atoms with E-state index in [0.717, 1.165) is 37.8 Å². The van der Waals surface area contributed by atoms with Gasteiger partial charge in [0.05, 0.1) is 6.61 Å². The highest BCUT2D eigenvalue weighted by atomic mass is 19.1. The molecule has 0 atom stereocenters. The number of unbranched alkanes of at least 4 members (excludes halogenated alkanes) is 2. The first-order valence-electron chi connectivity index (χ1n) is 6.89. The molecule has 18 heavy (non-hydrogen) atoms. The fourth-order valence-electron chi connectivity index (χ4n) is 1.72. The standard InChI is InChI=1S/C15H24FNO/c1-3-5-6-10-18-15-8-7-13(11-14(15)16)12-17-9-4-2/h7-8,11,17H,3-6,9-10,12H2,1-2H3. The van der Waals surface area contributed by atoms with Crippen LogP contribution in [-0.2, 0) is 6.54 Å². The molecule has 1 rings (SSSR count). The molecule has 0 fully saturated rings. The molecule has 0 aliphatic rings. The van der Waals surface area contributed by atoms with Crippen LogP contribution in [0.15, 0.2) is 18.2 Å². The number of ether oxygens (including phenoxy) is 1. The summed E-state index contributed by atoms with van der Waals surface area (Å²) < 4.78 is 19.1. The van der Waals surface area contributed by atoms with Gasteiger partial charge in [0.15, 0.2) is 11.6 Å². The molecule has 2 nitrogen and oxygen atoms in total. The Bertz CT molecular complexity index is 341. The second-order valence-corrected chi connectivity index (χ2v) is 4.50. The number of benzene rings is 1. The molecule has 0 spiro atoms. The molecular formula is C15H24FNO. The highest BCUT2D eigenvalue weighted by Gasteiger charge is 2.04. The van der Waals surface area contributed by atoms with Crippen LogP contribution in [0.1, 0.15) is 45.1 Å². The van der Waals surface area contributed by atoms with E-state index in [1.165, 1.54) is 0 Å². The second kappa shape index (κ2) is 8.92. The van der Waals surface area contributed by atoms with Crippen LogP contribution in [0.3, 0.4) is 0 Å². The summed E-state index contributed by atoms with van der Waals surface area (Å²) in [4.78, 5) is 0. The van der Waals surface area contributed by atoms with Crippen LogP contribution >= 0.6 is 0 Å². The fourth-order valence-corrected chi connectivity index (χ4v) is 1.72. The molecule has 0 unspecified atom stereocenters. The highest BCUT2D eigenvalue weighted by molar-refractivity contribution is 5.29. The maximum Gasteiger partial charge on any atom is 0.165 e. The van der Waals surface area contributed by atoms with Crippen molar-refractivity contribution in [1.82, 2.24) is 5.32 Å². The second-order valence-electron chi connectivity index (χ2n) is 4.50. The van der Waals surface area contributed by atoms with Crippen LogP contribution in [-0.4, -0.2) is 13.2 Å². The van der Waals surface area contributed by atoms with Gasteiger partial charge in [-0.15, -0.1) is 0 Å². The summed E-state index contributed by atoms with van der Waals surface area (Å²) in [6.07, 6.45) is 4.34. The van der Waals surface area contributed by atoms with Gasteiger partial charge in [0.2, 0.25) is 0 Å². The molecule has 0 bridgehead atoms. The summed E-state index contributed by atoms with van der Waals surface area (Å²) in [6, 6.07) is 5.20. The van der Waals surface area contributed by atoms with Crippen molar-refractivity contribution in [2.24, 2.45) is 0 Å². The Morgan fingerprint density at radius 1 is 1.17 bits per heavy atom. The van der Waals surface area contributed by atoms with Crippen molar-refractivity contribution >= 4 is 0 Å². The molecule has 0 heterocycles. The van der Waals surface area contributed by atoms with Gasteiger partial charge in [-0.1, -0.05) is 32.8 Å². The monoisotopic (exact) mass is 253 g/mol. The average Bonchev–Trinajstić information content (AvgIpc) is 2.37. The van der Waals surface area contributed by atoms with Gasteiger partial charge in [-0.05, 0) is 37.1 Å². The Labute approximate surface area is 110 Å². The summed E-state index contributed by atoms with van der Waals surface area (Å²) in [5.74, 6) is 0.104. The van der Waals surface area contributed by atoms with Gasteiger partial charge in [-0.3, -0.25) is 0 Å². The van der Waals surface area contributed by atoms with E-state index in [0.29, 0.717) is 18.9 Å². The molecule has 1 aromatic carbocycles. The van der Waals surface area contributed by atoms with E-state index < -0.39 is 0 Å². The van der Waals surface area contributed by atoms with Crippen LogP contribution in [0, 0.1) is 5.82 Å². The molecule has 3 heteroatoms. The van der Waals surface area contributed by atoms with E-state index in [1.807, 2.05) is 6.07 Å². The lowest BCUT2D eigenvalue weighted by Crippen LogP contribution is -2.13. The molecule has 102 valence electrons. The number of rotatable bonds is 9. The van der Waals surface area contributed by atoms with Gasteiger partial charge in [0.25, 0.3) is 0 Å². The Morgan fingerprint density at radius 3 is 2.67 bits per heavy atom. The van der Waals surface area contributed by atoms with Crippen LogP contribution in [0.5, 0.6) is 5.75 Å². The summed E-state index contributed by atoms with van der Waals surface area (Å²) >= 11 is 0. The number of nitrogens with one attached hydrogen (secondary N) is 1. The smallest absolute Gasteiger partial charge is 0.165 e. The van der Waals surface area contributed by atoms with Gasteiger partial charge >= 0.3 is 0 Å². The molecule has 1 N–H and O–H groups in total. The first kappa shape index (κ1) is 15.0. The lowest BCUT2D eigenvalue weighted by Gasteiger charge is -2.09. The third kappa shape index (κ3) is 5.50. The van der Waals surface area contributed by atoms with Gasteiger partial charge in [-0.2, -0.15) is 0 Å². The van der Waals surface area contributed by atoms with Crippen LogP contribution in [0.25, 0.3) is 0 Å². The van der Waals surface area contributed by atoms with Crippen molar-refractivity contribution < 1.29 is 9.13 Å². The molecule has 0 radical (unpaired) electrons. The molecule has 0 aliphatic carbocycles. The SMILES string of the molecule is CCCCCOc1ccc(CNCCC)cc1F. The highest BCUT2D eigenvalue weighted by Crippen LogP contribution is 2.18. The van der Waals surface area contributed by atoms with E-state index in [4.69, 9.17) is 4.74 Å². The van der Waals surface area contributed by atoms with Gasteiger partial charge in [-0.25, -0.2) is 4.39 Å². The summed E-state index contributed by atoms with van der Waals surface area (Å²) in [7, 11) is 0. The fraction of sp³-hybridized carbons (Fsp3) is 0.600. The minimum atomic E-state index is -0.262. The van der Waals surface area contributed by atoms with Crippen molar-refractivity contribution in [1.29, 1.82) is 0 Å². The molecule has 0 saturated heterocycles. The van der Waals surface area contributed by atoms with Crippen LogP contribution < -0.4 is 10.1 Å². The maximum absolute atomic E-state index is 13.7. The molecular weight excluding hydrogens is 229 g/mol. The van der Waals surface area contributed by atoms with E-state index in [1.54, 1.807) is 12.1 Å². The average molecular weight is 253 g/mol. The Morgan fingerprint density at radius 2 is 2.00 bits per heavy atom. The Balaban J connectivity index is 2.41. The third-order valence-electron chi connectivity index (χ3n) is 2.76. The first-order chi connectivity index (χ1) is 8.77. The van der Waals surface area contributed by atoms with E-state index in [9.17, 15) is 4.39 Å². The summed E-state index contributed by atoms with van der Waals surface area (Å²) in [6.45, 7) is 6.51. The zero-order chi connectivity index (χ0) is 13.2. The largest absolute Gasteiger partial charge is 0.491 e. The topological polar surface area (TPSA) is 21.3 Å². The summed E-state index contributed by atoms with van der Waals surface area (Å²) in [5, 5.41) is 3.25. The van der Waals surface area contributed by atoms with E-state index >= 15 is 0 Å². The van der Waals surface area contributed by atoms with Gasteiger partial charge in [0, 0.05) is 6.54 Å². The summed E-state index contributed by atoms with van der Waals surface area (Å²) in [5.41, 5.74) is 0.960. The quantitative estimate of drug-likeness (QED) is 0.674. The number of halogens is 1. The zero-order valence-corrected chi connectivity index (χ0v) is 11.5. The lowest BCUT2D eigenvalue weighted by molar-refractivity contribution is 0.291. The predicted molar refractivity (Wildman–Crippen MR) is 73.4 cm³/mol. The third-order valence-corrected chi connectivity index (χ3v) is 2.76. The molecule has 1 aromatic rings. The van der Waals surface area contributed by atoms with Crippen molar-refractivity contribution in [3.05, 3.63) is 29.6 Å². The first-order valence-corrected chi connectivity index (χ1v) is 6.89. The van der Waals surface area contributed by atoms with Crippen molar-refractivity contribution in [2.75, 3.05) is 13.2 Å². The molecule has 0 saturated carbocycles. The van der Waals surface area contributed by atoms with E-state index in [-0.39, 0.29) is 5.82 Å². The van der Waals surface area contributed by atoms with Gasteiger partial charge < -0.3 is 10.1 Å². The molecule has 0 aromatic heterocycles. The zero-order valence-electron chi connectivity index (χ0n) is 11.5. The Hall–Kier alpha value is -1.09. The maximum atomic E-state index is 13.7. The van der Waals surface area contributed by atoms with Gasteiger partial charge in [0.1, 0.15) is 0 Å². The Kier molecular flexibility index (Phi) is 7.42. The van der Waals surface area contributed by atoms with E-state index in [2.05, 4.69) is 19.2 Å². The van der Waals surface area contributed by atoms with Crippen molar-refractivity contribution in [3.63, 3.8) is 0 Å². The minimum absolute atomic E-state index is 0.262. The van der Waals surface area contributed by atoms with Crippen LogP contribution in [0.4, 0.5) is 4.39 Å². The predicted octanol–water partition coefficient (Wildman–Crippen LogP) is 3.89. The molecule has 0 aliphatic heterocycles. The van der Waals surface area contributed by atoms with Crippen molar-refractivity contribution in [3.8, 4) is 5.75 Å². The lowest BCUT2D eigenvalue weighted by atomic mass is 10.2. The van der Waals surface area contributed by atoms with Crippen LogP contribution in [0.2, 0.25) is 0 Å². The molecule has 0 amide bonds. The number of hydrogen-bond acceptors (Lipinski definition) is 2. The normalized spacial score (nSPS) is 10.6. The number of hydrogen-bond donors (Lipinski definition) is 1.